The number of aromatic amines is 1. The van der Waals surface area contributed by atoms with E-state index in [-0.39, 0.29) is 12.0 Å². The Balaban J connectivity index is 1.60. The second-order valence-electron chi connectivity index (χ2n) is 5.84. The Morgan fingerprint density at radius 1 is 1.28 bits per heavy atom. The molecule has 3 heterocycles. The molecular formula is C15H20F2N6O2. The van der Waals surface area contributed by atoms with Gasteiger partial charge in [0.25, 0.3) is 0 Å². The van der Waals surface area contributed by atoms with Gasteiger partial charge in [0.05, 0.1) is 12.4 Å². The SMILES string of the molecule is CN1CCC[C@@H](Oc2cncc(Nc3cc(OC(F)F)n[nH]3)n2)CC1. The number of hydrogen-bond donors (Lipinski definition) is 2. The van der Waals surface area contributed by atoms with Gasteiger partial charge in [-0.2, -0.15) is 13.8 Å². The summed E-state index contributed by atoms with van der Waals surface area (Å²) in [6.07, 6.45) is 6.14. The zero-order chi connectivity index (χ0) is 17.6. The van der Waals surface area contributed by atoms with E-state index in [9.17, 15) is 8.78 Å². The van der Waals surface area contributed by atoms with Crippen molar-refractivity contribution in [3.8, 4) is 11.8 Å². The standard InChI is InChI=1S/C15H20F2N6O2/c1-23-5-2-3-10(4-6-23)24-14-9-18-8-12(20-14)19-11-7-13(22-21-11)25-15(16)17/h7-10,15H,2-6H2,1H3,(H2,19,20,21,22)/t10-/m1/s1. The van der Waals surface area contributed by atoms with Crippen LogP contribution in [0, 0.1) is 0 Å². The molecule has 1 atom stereocenters. The van der Waals surface area contributed by atoms with E-state index in [0.717, 1.165) is 32.4 Å². The molecule has 1 aliphatic heterocycles. The van der Waals surface area contributed by atoms with Crippen molar-refractivity contribution in [1.82, 2.24) is 25.1 Å². The maximum Gasteiger partial charge on any atom is 0.388 e. The van der Waals surface area contributed by atoms with E-state index in [1.807, 2.05) is 0 Å². The number of nitrogens with one attached hydrogen (secondary N) is 2. The number of alkyl halides is 2. The van der Waals surface area contributed by atoms with Gasteiger partial charge >= 0.3 is 6.61 Å². The molecule has 0 bridgehead atoms. The first-order valence-corrected chi connectivity index (χ1v) is 8.03. The fourth-order valence-electron chi connectivity index (χ4n) is 2.62. The lowest BCUT2D eigenvalue weighted by atomic mass is 10.2. The summed E-state index contributed by atoms with van der Waals surface area (Å²) in [7, 11) is 2.10. The molecule has 1 saturated heterocycles. The lowest BCUT2D eigenvalue weighted by Crippen LogP contribution is -2.21. The Hall–Kier alpha value is -2.49. The molecule has 0 aromatic carbocycles. The lowest BCUT2D eigenvalue weighted by Gasteiger charge is -2.16. The molecule has 25 heavy (non-hydrogen) atoms. The quantitative estimate of drug-likeness (QED) is 0.823. The van der Waals surface area contributed by atoms with E-state index in [0.29, 0.717) is 17.5 Å². The van der Waals surface area contributed by atoms with Crippen LogP contribution in [0.15, 0.2) is 18.5 Å². The fraction of sp³-hybridized carbons (Fsp3) is 0.533. The average molecular weight is 354 g/mol. The normalized spacial score (nSPS) is 18.8. The molecule has 8 nitrogen and oxygen atoms in total. The Labute approximate surface area is 143 Å². The summed E-state index contributed by atoms with van der Waals surface area (Å²) in [6.45, 7) is -0.876. The Morgan fingerprint density at radius 3 is 3.00 bits per heavy atom. The van der Waals surface area contributed by atoms with Crippen molar-refractivity contribution in [3.63, 3.8) is 0 Å². The highest BCUT2D eigenvalue weighted by Crippen LogP contribution is 2.21. The molecule has 0 spiro atoms. The molecule has 3 rings (SSSR count). The van der Waals surface area contributed by atoms with Gasteiger partial charge in [-0.3, -0.25) is 10.1 Å². The molecule has 0 radical (unpaired) electrons. The van der Waals surface area contributed by atoms with Crippen molar-refractivity contribution >= 4 is 11.6 Å². The van der Waals surface area contributed by atoms with Gasteiger partial charge in [0.1, 0.15) is 11.9 Å². The summed E-state index contributed by atoms with van der Waals surface area (Å²) in [5.41, 5.74) is 0. The lowest BCUT2D eigenvalue weighted by molar-refractivity contribution is -0.0528. The van der Waals surface area contributed by atoms with Crippen molar-refractivity contribution in [2.45, 2.75) is 32.0 Å². The largest absolute Gasteiger partial charge is 0.473 e. The van der Waals surface area contributed by atoms with Crippen LogP contribution in [0.2, 0.25) is 0 Å². The van der Waals surface area contributed by atoms with E-state index < -0.39 is 6.61 Å². The monoisotopic (exact) mass is 354 g/mol. The minimum Gasteiger partial charge on any atom is -0.473 e. The number of rotatable bonds is 6. The molecule has 10 heteroatoms. The van der Waals surface area contributed by atoms with Crippen LogP contribution < -0.4 is 14.8 Å². The second kappa shape index (κ2) is 8.06. The van der Waals surface area contributed by atoms with Gasteiger partial charge in [0, 0.05) is 12.6 Å². The Bertz CT molecular complexity index is 684. The maximum atomic E-state index is 12.1. The molecule has 1 fully saturated rings. The second-order valence-corrected chi connectivity index (χ2v) is 5.84. The number of nitrogens with zero attached hydrogens (tertiary/aromatic N) is 4. The summed E-state index contributed by atoms with van der Waals surface area (Å²) < 4.78 is 34.4. The molecule has 0 aliphatic carbocycles. The Morgan fingerprint density at radius 2 is 2.16 bits per heavy atom. The van der Waals surface area contributed by atoms with Crippen molar-refractivity contribution in [3.05, 3.63) is 18.5 Å². The molecule has 0 amide bonds. The minimum atomic E-state index is -2.92. The minimum absolute atomic E-state index is 0.104. The van der Waals surface area contributed by atoms with Gasteiger partial charge in [-0.25, -0.2) is 0 Å². The van der Waals surface area contributed by atoms with Gasteiger partial charge in [-0.05, 0) is 32.9 Å². The number of aromatic nitrogens is 4. The first kappa shape index (κ1) is 17.3. The average Bonchev–Trinajstić information content (AvgIpc) is 2.88. The predicted octanol–water partition coefficient (Wildman–Crippen LogP) is 2.41. The third kappa shape index (κ3) is 5.24. The third-order valence-electron chi connectivity index (χ3n) is 3.83. The van der Waals surface area contributed by atoms with Gasteiger partial charge in [-0.1, -0.05) is 0 Å². The van der Waals surface area contributed by atoms with Gasteiger partial charge in [0.15, 0.2) is 5.82 Å². The van der Waals surface area contributed by atoms with E-state index in [1.165, 1.54) is 12.3 Å². The molecule has 2 aromatic heterocycles. The van der Waals surface area contributed by atoms with Crippen LogP contribution in [0.5, 0.6) is 11.8 Å². The van der Waals surface area contributed by atoms with Crippen molar-refractivity contribution in [2.75, 3.05) is 25.5 Å². The highest BCUT2D eigenvalue weighted by atomic mass is 19.3. The molecule has 2 aromatic rings. The number of halogens is 2. The summed E-state index contributed by atoms with van der Waals surface area (Å²) >= 11 is 0. The maximum absolute atomic E-state index is 12.1. The van der Waals surface area contributed by atoms with Crippen LogP contribution in [0.1, 0.15) is 19.3 Å². The fourth-order valence-corrected chi connectivity index (χ4v) is 2.62. The summed E-state index contributed by atoms with van der Waals surface area (Å²) in [6, 6.07) is 1.31. The van der Waals surface area contributed by atoms with Gasteiger partial charge < -0.3 is 19.7 Å². The Kier molecular flexibility index (Phi) is 5.59. The number of hydrogen-bond acceptors (Lipinski definition) is 7. The van der Waals surface area contributed by atoms with Gasteiger partial charge in [-0.15, -0.1) is 5.10 Å². The highest BCUT2D eigenvalue weighted by molar-refractivity contribution is 5.51. The molecule has 0 unspecified atom stereocenters. The van der Waals surface area contributed by atoms with Crippen molar-refractivity contribution in [2.24, 2.45) is 0 Å². The number of likely N-dealkylation sites (tertiary alicyclic amines) is 1. The first-order chi connectivity index (χ1) is 12.1. The predicted molar refractivity (Wildman–Crippen MR) is 86.3 cm³/mol. The molecule has 0 saturated carbocycles. The van der Waals surface area contributed by atoms with Crippen LogP contribution in [-0.2, 0) is 0 Å². The van der Waals surface area contributed by atoms with Crippen molar-refractivity contribution < 1.29 is 18.3 Å². The number of ether oxygens (including phenoxy) is 2. The van der Waals surface area contributed by atoms with E-state index >= 15 is 0 Å². The van der Waals surface area contributed by atoms with Gasteiger partial charge in [0.2, 0.25) is 11.8 Å². The van der Waals surface area contributed by atoms with E-state index in [4.69, 9.17) is 4.74 Å². The number of anilines is 2. The number of H-pyrrole nitrogens is 1. The van der Waals surface area contributed by atoms with Crippen LogP contribution in [0.3, 0.4) is 0 Å². The van der Waals surface area contributed by atoms with E-state index in [1.54, 1.807) is 6.20 Å². The highest BCUT2D eigenvalue weighted by Gasteiger charge is 2.17. The molecule has 136 valence electrons. The summed E-state index contributed by atoms with van der Waals surface area (Å²) in [5.74, 6) is 0.984. The van der Waals surface area contributed by atoms with Crippen LogP contribution in [0.25, 0.3) is 0 Å². The molecule has 1 aliphatic rings. The topological polar surface area (TPSA) is 88.2 Å². The van der Waals surface area contributed by atoms with E-state index in [2.05, 4.69) is 42.2 Å². The summed E-state index contributed by atoms with van der Waals surface area (Å²) in [5, 5.41) is 9.04. The van der Waals surface area contributed by atoms with Crippen LogP contribution >= 0.6 is 0 Å². The summed E-state index contributed by atoms with van der Waals surface area (Å²) in [4.78, 5) is 10.7. The van der Waals surface area contributed by atoms with Crippen molar-refractivity contribution in [1.29, 1.82) is 0 Å². The van der Waals surface area contributed by atoms with Crippen LogP contribution in [0.4, 0.5) is 20.4 Å². The smallest absolute Gasteiger partial charge is 0.388 e. The van der Waals surface area contributed by atoms with Crippen LogP contribution in [-0.4, -0.2) is 57.9 Å². The zero-order valence-corrected chi connectivity index (χ0v) is 13.8. The first-order valence-electron chi connectivity index (χ1n) is 8.03. The molecular weight excluding hydrogens is 334 g/mol. The third-order valence-corrected chi connectivity index (χ3v) is 3.83. The molecule has 2 N–H and O–H groups in total. The zero-order valence-electron chi connectivity index (χ0n) is 13.8.